The van der Waals surface area contributed by atoms with Crippen LogP contribution in [0, 0.1) is 0 Å². The molecule has 8 nitrogen and oxygen atoms in total. The van der Waals surface area contributed by atoms with Crippen molar-refractivity contribution in [3.8, 4) is 11.5 Å². The molecule has 2 aromatic rings. The number of esters is 1. The Morgan fingerprint density at radius 3 is 2.17 bits per heavy atom. The minimum atomic E-state index is -4.61. The van der Waals surface area contributed by atoms with Crippen molar-refractivity contribution in [2.45, 2.75) is 4.90 Å². The van der Waals surface area contributed by atoms with Crippen LogP contribution in [0.15, 0.2) is 47.4 Å². The number of ether oxygens (including phenoxy) is 2. The Bertz CT molecular complexity index is 901. The van der Waals surface area contributed by atoms with Gasteiger partial charge in [0.15, 0.2) is 11.5 Å². The van der Waals surface area contributed by atoms with Gasteiger partial charge in [-0.3, -0.25) is 4.55 Å². The van der Waals surface area contributed by atoms with Crippen LogP contribution in [-0.4, -0.2) is 37.1 Å². The third-order valence-corrected chi connectivity index (χ3v) is 3.86. The van der Waals surface area contributed by atoms with Crippen LogP contribution in [0.5, 0.6) is 11.5 Å². The smallest absolute Gasteiger partial charge is 0.344 e. The van der Waals surface area contributed by atoms with Crippen molar-refractivity contribution in [2.24, 2.45) is 0 Å². The van der Waals surface area contributed by atoms with Crippen LogP contribution < -0.4 is 9.47 Å². The highest BCUT2D eigenvalue weighted by Crippen LogP contribution is 2.27. The standard InChI is InChI=1S/C15H12O8S/c1-22-12-4-2-3-5-13(12)23-15(18)10-7-6-9(24(19,20)21)8-11(10)14(16)17/h2-8H,1H3,(H,16,17)(H,19,20,21). The molecule has 0 heterocycles. The average Bonchev–Trinajstić information content (AvgIpc) is 2.53. The number of carbonyl (C=O) groups is 2. The van der Waals surface area contributed by atoms with E-state index in [1.165, 1.54) is 13.2 Å². The molecule has 126 valence electrons. The summed E-state index contributed by atoms with van der Waals surface area (Å²) in [5.74, 6) is -2.23. The maximum atomic E-state index is 12.2. The minimum absolute atomic E-state index is 0.0696. The Labute approximate surface area is 137 Å². The highest BCUT2D eigenvalue weighted by Gasteiger charge is 2.22. The molecule has 0 aliphatic carbocycles. The van der Waals surface area contributed by atoms with Gasteiger partial charge in [-0.25, -0.2) is 9.59 Å². The second-order valence-electron chi connectivity index (χ2n) is 4.53. The Balaban J connectivity index is 2.44. The fourth-order valence-electron chi connectivity index (χ4n) is 1.90. The summed E-state index contributed by atoms with van der Waals surface area (Å²) in [6.45, 7) is 0. The van der Waals surface area contributed by atoms with Crippen molar-refractivity contribution >= 4 is 22.1 Å². The quantitative estimate of drug-likeness (QED) is 0.474. The lowest BCUT2D eigenvalue weighted by Gasteiger charge is -2.10. The number of hydrogen-bond donors (Lipinski definition) is 2. The number of carboxylic acids is 1. The zero-order chi connectivity index (χ0) is 17.9. The lowest BCUT2D eigenvalue weighted by molar-refractivity contribution is 0.0666. The number of aromatic carboxylic acids is 1. The molecule has 2 aromatic carbocycles. The van der Waals surface area contributed by atoms with Crippen molar-refractivity contribution < 1.29 is 37.1 Å². The number of rotatable bonds is 5. The van der Waals surface area contributed by atoms with Crippen LogP contribution in [0.4, 0.5) is 0 Å². The molecular weight excluding hydrogens is 340 g/mol. The predicted octanol–water partition coefficient (Wildman–Crippen LogP) is 1.86. The van der Waals surface area contributed by atoms with E-state index in [1.807, 2.05) is 0 Å². The zero-order valence-corrected chi connectivity index (χ0v) is 13.1. The van der Waals surface area contributed by atoms with E-state index >= 15 is 0 Å². The van der Waals surface area contributed by atoms with Gasteiger partial charge in [0.05, 0.1) is 23.1 Å². The van der Waals surface area contributed by atoms with Crippen LogP contribution in [-0.2, 0) is 10.1 Å². The molecule has 0 fully saturated rings. The molecular formula is C15H12O8S. The molecule has 0 unspecified atom stereocenters. The van der Waals surface area contributed by atoms with Gasteiger partial charge in [-0.2, -0.15) is 8.42 Å². The molecule has 0 aromatic heterocycles. The Hall–Kier alpha value is -2.91. The highest BCUT2D eigenvalue weighted by molar-refractivity contribution is 7.85. The first-order chi connectivity index (χ1) is 11.2. The van der Waals surface area contributed by atoms with Crippen molar-refractivity contribution in [3.63, 3.8) is 0 Å². The van der Waals surface area contributed by atoms with E-state index < -0.39 is 32.5 Å². The van der Waals surface area contributed by atoms with E-state index in [9.17, 15) is 18.0 Å². The van der Waals surface area contributed by atoms with E-state index in [0.29, 0.717) is 6.07 Å². The number of benzene rings is 2. The Kier molecular flexibility index (Phi) is 4.86. The third kappa shape index (κ3) is 3.70. The van der Waals surface area contributed by atoms with Crippen LogP contribution in [0.1, 0.15) is 20.7 Å². The molecule has 0 saturated heterocycles. The topological polar surface area (TPSA) is 127 Å². The third-order valence-electron chi connectivity index (χ3n) is 3.01. The van der Waals surface area contributed by atoms with E-state index in [2.05, 4.69) is 0 Å². The summed E-state index contributed by atoms with van der Waals surface area (Å²) in [6, 6.07) is 8.76. The van der Waals surface area contributed by atoms with Gasteiger partial charge in [0, 0.05) is 0 Å². The van der Waals surface area contributed by atoms with Crippen molar-refractivity contribution in [2.75, 3.05) is 7.11 Å². The summed E-state index contributed by atoms with van der Waals surface area (Å²) in [7, 11) is -3.24. The maximum Gasteiger partial charge on any atom is 0.344 e. The first kappa shape index (κ1) is 17.4. The summed E-state index contributed by atoms with van der Waals surface area (Å²) < 4.78 is 41.3. The second kappa shape index (κ2) is 6.69. The number of methoxy groups -OCH3 is 1. The summed E-state index contributed by atoms with van der Waals surface area (Å²) in [6.07, 6.45) is 0. The molecule has 0 saturated carbocycles. The predicted molar refractivity (Wildman–Crippen MR) is 81.2 cm³/mol. The largest absolute Gasteiger partial charge is 0.493 e. The molecule has 2 rings (SSSR count). The number of hydrogen-bond acceptors (Lipinski definition) is 6. The van der Waals surface area contributed by atoms with Crippen molar-refractivity contribution in [1.29, 1.82) is 0 Å². The summed E-state index contributed by atoms with van der Waals surface area (Å²) in [5, 5.41) is 9.16. The molecule has 9 heteroatoms. The number of carboxylic acid groups (broad SMARTS) is 1. The van der Waals surface area contributed by atoms with Crippen molar-refractivity contribution in [3.05, 3.63) is 53.6 Å². The van der Waals surface area contributed by atoms with Crippen LogP contribution in [0.2, 0.25) is 0 Å². The summed E-state index contributed by atoms with van der Waals surface area (Å²) in [4.78, 5) is 22.8. The number of carbonyl (C=O) groups excluding carboxylic acids is 1. The number of para-hydroxylation sites is 2. The molecule has 0 aliphatic heterocycles. The van der Waals surface area contributed by atoms with Crippen LogP contribution in [0.3, 0.4) is 0 Å². The Morgan fingerprint density at radius 1 is 1.00 bits per heavy atom. The maximum absolute atomic E-state index is 12.2. The molecule has 0 aliphatic rings. The van der Waals surface area contributed by atoms with E-state index in [1.54, 1.807) is 18.2 Å². The second-order valence-corrected chi connectivity index (χ2v) is 5.95. The monoisotopic (exact) mass is 352 g/mol. The van der Waals surface area contributed by atoms with Crippen molar-refractivity contribution in [1.82, 2.24) is 0 Å². The minimum Gasteiger partial charge on any atom is -0.493 e. The summed E-state index contributed by atoms with van der Waals surface area (Å²) >= 11 is 0. The van der Waals surface area contributed by atoms with Gasteiger partial charge in [0.2, 0.25) is 0 Å². The molecule has 2 N–H and O–H groups in total. The van der Waals surface area contributed by atoms with Gasteiger partial charge in [0.25, 0.3) is 10.1 Å². The molecule has 0 atom stereocenters. The van der Waals surface area contributed by atoms with Gasteiger partial charge in [-0.15, -0.1) is 0 Å². The molecule has 0 amide bonds. The first-order valence-electron chi connectivity index (χ1n) is 6.44. The van der Waals surface area contributed by atoms with Gasteiger partial charge in [-0.1, -0.05) is 12.1 Å². The average molecular weight is 352 g/mol. The first-order valence-corrected chi connectivity index (χ1v) is 7.88. The van der Waals surface area contributed by atoms with E-state index in [-0.39, 0.29) is 17.1 Å². The molecule has 0 bridgehead atoms. The lowest BCUT2D eigenvalue weighted by Crippen LogP contribution is -2.15. The Morgan fingerprint density at radius 2 is 1.62 bits per heavy atom. The van der Waals surface area contributed by atoms with Crippen LogP contribution >= 0.6 is 0 Å². The van der Waals surface area contributed by atoms with Gasteiger partial charge >= 0.3 is 11.9 Å². The molecule has 0 radical (unpaired) electrons. The van der Waals surface area contributed by atoms with Gasteiger partial charge < -0.3 is 14.6 Å². The highest BCUT2D eigenvalue weighted by atomic mass is 32.2. The fraction of sp³-hybridized carbons (Fsp3) is 0.0667. The molecule has 24 heavy (non-hydrogen) atoms. The fourth-order valence-corrected chi connectivity index (χ4v) is 2.40. The van der Waals surface area contributed by atoms with Crippen LogP contribution in [0.25, 0.3) is 0 Å². The SMILES string of the molecule is COc1ccccc1OC(=O)c1ccc(S(=O)(=O)O)cc1C(=O)O. The lowest BCUT2D eigenvalue weighted by atomic mass is 10.1. The van der Waals surface area contributed by atoms with Gasteiger partial charge in [0.1, 0.15) is 0 Å². The molecule has 0 spiro atoms. The van der Waals surface area contributed by atoms with E-state index in [4.69, 9.17) is 19.1 Å². The van der Waals surface area contributed by atoms with E-state index in [0.717, 1.165) is 12.1 Å². The summed E-state index contributed by atoms with van der Waals surface area (Å²) in [5.41, 5.74) is -0.995. The zero-order valence-electron chi connectivity index (χ0n) is 12.3. The normalized spacial score (nSPS) is 10.9. The van der Waals surface area contributed by atoms with Gasteiger partial charge in [-0.05, 0) is 30.3 Å².